The van der Waals surface area contributed by atoms with Crippen LogP contribution in [0.1, 0.15) is 116 Å². The number of unbranched alkanes of at least 4 members (excludes halogenated alkanes) is 13. The van der Waals surface area contributed by atoms with E-state index in [-0.39, 0.29) is 5.97 Å². The summed E-state index contributed by atoms with van der Waals surface area (Å²) in [5.74, 6) is 0.273. The van der Waals surface area contributed by atoms with Crippen LogP contribution >= 0.6 is 0 Å². The fraction of sp³-hybridized carbons (Fsp3) is 0.913. The number of rotatable bonds is 21. The molecule has 0 saturated carbocycles. The van der Waals surface area contributed by atoms with Crippen LogP contribution in [-0.2, 0) is 19.1 Å². The van der Waals surface area contributed by atoms with Gasteiger partial charge in [-0.25, -0.2) is 0 Å². The SMILES string of the molecule is COCCCCCCCCCOC(=O)CCCCCCCCCCC(C)=O. The molecule has 0 unspecified atom stereocenters. The lowest BCUT2D eigenvalue weighted by atomic mass is 10.1. The summed E-state index contributed by atoms with van der Waals surface area (Å²) in [5, 5.41) is 0. The van der Waals surface area contributed by atoms with Crippen molar-refractivity contribution >= 4 is 11.8 Å². The monoisotopic (exact) mass is 384 g/mol. The van der Waals surface area contributed by atoms with E-state index >= 15 is 0 Å². The first-order chi connectivity index (χ1) is 13.2. The van der Waals surface area contributed by atoms with Crippen LogP contribution in [0.25, 0.3) is 0 Å². The van der Waals surface area contributed by atoms with E-state index in [2.05, 4.69) is 0 Å². The lowest BCUT2D eigenvalue weighted by molar-refractivity contribution is -0.143. The minimum Gasteiger partial charge on any atom is -0.466 e. The van der Waals surface area contributed by atoms with Crippen LogP contribution in [-0.4, -0.2) is 32.1 Å². The molecule has 0 aromatic heterocycles. The zero-order valence-electron chi connectivity index (χ0n) is 18.1. The van der Waals surface area contributed by atoms with Gasteiger partial charge in [0.1, 0.15) is 5.78 Å². The van der Waals surface area contributed by atoms with Gasteiger partial charge >= 0.3 is 5.97 Å². The van der Waals surface area contributed by atoms with Crippen LogP contribution in [0.4, 0.5) is 0 Å². The number of ether oxygens (including phenoxy) is 2. The Morgan fingerprint density at radius 3 is 1.44 bits per heavy atom. The second-order valence-electron chi connectivity index (χ2n) is 7.72. The van der Waals surface area contributed by atoms with E-state index in [1.165, 1.54) is 57.8 Å². The van der Waals surface area contributed by atoms with Crippen molar-refractivity contribution in [1.29, 1.82) is 0 Å². The fourth-order valence-electron chi connectivity index (χ4n) is 3.19. The van der Waals surface area contributed by atoms with Crippen LogP contribution in [0.2, 0.25) is 0 Å². The Hall–Kier alpha value is -0.900. The Morgan fingerprint density at radius 2 is 0.963 bits per heavy atom. The second kappa shape index (κ2) is 21.4. The summed E-state index contributed by atoms with van der Waals surface area (Å²) in [6, 6.07) is 0. The predicted molar refractivity (Wildman–Crippen MR) is 112 cm³/mol. The van der Waals surface area contributed by atoms with Crippen LogP contribution < -0.4 is 0 Å². The Morgan fingerprint density at radius 1 is 0.556 bits per heavy atom. The highest BCUT2D eigenvalue weighted by Gasteiger charge is 2.02. The number of ketones is 1. The normalized spacial score (nSPS) is 10.9. The molecule has 0 aliphatic carbocycles. The standard InChI is InChI=1S/C23H44O4/c1-22(24)18-14-10-6-3-4-7-11-15-19-23(25)27-21-17-13-9-5-8-12-16-20-26-2/h3-21H2,1-2H3. The molecule has 0 atom stereocenters. The number of methoxy groups -OCH3 is 1. The van der Waals surface area contributed by atoms with E-state index in [9.17, 15) is 9.59 Å². The molecule has 0 aromatic rings. The maximum absolute atomic E-state index is 11.7. The zero-order valence-corrected chi connectivity index (χ0v) is 18.1. The molecule has 0 heterocycles. The van der Waals surface area contributed by atoms with Gasteiger partial charge in [-0.3, -0.25) is 4.79 Å². The summed E-state index contributed by atoms with van der Waals surface area (Å²) in [7, 11) is 1.75. The average Bonchev–Trinajstić information content (AvgIpc) is 2.64. The first-order valence-corrected chi connectivity index (χ1v) is 11.3. The molecule has 0 rings (SSSR count). The van der Waals surface area contributed by atoms with Crippen molar-refractivity contribution in [2.45, 2.75) is 116 Å². The quantitative estimate of drug-likeness (QED) is 0.170. The molecule has 4 heteroatoms. The van der Waals surface area contributed by atoms with Crippen molar-refractivity contribution in [3.63, 3.8) is 0 Å². The van der Waals surface area contributed by atoms with Crippen molar-refractivity contribution in [3.05, 3.63) is 0 Å². The number of esters is 1. The van der Waals surface area contributed by atoms with Crippen molar-refractivity contribution < 1.29 is 19.1 Å². The zero-order chi connectivity index (χ0) is 20.0. The third-order valence-corrected chi connectivity index (χ3v) is 4.92. The van der Waals surface area contributed by atoms with Gasteiger partial charge in [0.15, 0.2) is 0 Å². The maximum atomic E-state index is 11.7. The second-order valence-corrected chi connectivity index (χ2v) is 7.72. The fourth-order valence-corrected chi connectivity index (χ4v) is 3.19. The first-order valence-electron chi connectivity index (χ1n) is 11.3. The van der Waals surface area contributed by atoms with E-state index in [4.69, 9.17) is 9.47 Å². The van der Waals surface area contributed by atoms with Gasteiger partial charge in [0, 0.05) is 26.6 Å². The van der Waals surface area contributed by atoms with Crippen molar-refractivity contribution in [1.82, 2.24) is 0 Å². The molecule has 0 saturated heterocycles. The Kier molecular flexibility index (Phi) is 20.7. The summed E-state index contributed by atoms with van der Waals surface area (Å²) in [5.41, 5.74) is 0. The Balaban J connectivity index is 3.16. The number of carbonyl (C=O) groups excluding carboxylic acids is 2. The minimum absolute atomic E-state index is 0.0289. The van der Waals surface area contributed by atoms with Crippen molar-refractivity contribution in [2.75, 3.05) is 20.3 Å². The van der Waals surface area contributed by atoms with Gasteiger partial charge in [-0.15, -0.1) is 0 Å². The van der Waals surface area contributed by atoms with Crippen molar-refractivity contribution in [2.24, 2.45) is 0 Å². The van der Waals surface area contributed by atoms with Crippen LogP contribution in [0, 0.1) is 0 Å². The molecule has 160 valence electrons. The highest BCUT2D eigenvalue weighted by atomic mass is 16.5. The molecule has 0 fully saturated rings. The Labute approximate surface area is 167 Å². The molecule has 0 aromatic carbocycles. The van der Waals surface area contributed by atoms with Crippen LogP contribution in [0.3, 0.4) is 0 Å². The van der Waals surface area contributed by atoms with Gasteiger partial charge in [0.2, 0.25) is 0 Å². The molecule has 0 N–H and O–H groups in total. The van der Waals surface area contributed by atoms with E-state index in [1.807, 2.05) is 0 Å². The van der Waals surface area contributed by atoms with E-state index in [0.29, 0.717) is 18.8 Å². The topological polar surface area (TPSA) is 52.6 Å². The number of hydrogen-bond acceptors (Lipinski definition) is 4. The molecule has 0 bridgehead atoms. The first kappa shape index (κ1) is 26.1. The highest BCUT2D eigenvalue weighted by molar-refractivity contribution is 5.75. The third kappa shape index (κ3) is 23.1. The summed E-state index contributed by atoms with van der Waals surface area (Å²) in [6.45, 7) is 3.12. The smallest absolute Gasteiger partial charge is 0.305 e. The summed E-state index contributed by atoms with van der Waals surface area (Å²) in [6.07, 6.45) is 18.8. The summed E-state index contributed by atoms with van der Waals surface area (Å²) >= 11 is 0. The van der Waals surface area contributed by atoms with E-state index in [1.54, 1.807) is 14.0 Å². The van der Waals surface area contributed by atoms with E-state index < -0.39 is 0 Å². The lowest BCUT2D eigenvalue weighted by Crippen LogP contribution is -2.05. The van der Waals surface area contributed by atoms with Crippen molar-refractivity contribution in [3.8, 4) is 0 Å². The minimum atomic E-state index is -0.0289. The third-order valence-electron chi connectivity index (χ3n) is 4.92. The van der Waals surface area contributed by atoms with Gasteiger partial charge in [-0.1, -0.05) is 70.6 Å². The van der Waals surface area contributed by atoms with Gasteiger partial charge in [0.25, 0.3) is 0 Å². The predicted octanol–water partition coefficient (Wildman–Crippen LogP) is 6.40. The molecule has 0 aliphatic rings. The number of Topliss-reactive ketones (excluding diaryl/α,β-unsaturated/α-hetero) is 1. The van der Waals surface area contributed by atoms with Gasteiger partial charge in [-0.05, 0) is 32.6 Å². The summed E-state index contributed by atoms with van der Waals surface area (Å²) < 4.78 is 10.3. The molecule has 27 heavy (non-hydrogen) atoms. The lowest BCUT2D eigenvalue weighted by Gasteiger charge is -2.05. The van der Waals surface area contributed by atoms with Gasteiger partial charge < -0.3 is 14.3 Å². The molecule has 0 aliphatic heterocycles. The molecule has 0 spiro atoms. The Bertz CT molecular complexity index is 341. The molecule has 0 amide bonds. The molecular formula is C23H44O4. The van der Waals surface area contributed by atoms with Crippen LogP contribution in [0.5, 0.6) is 0 Å². The van der Waals surface area contributed by atoms with Gasteiger partial charge in [-0.2, -0.15) is 0 Å². The van der Waals surface area contributed by atoms with Gasteiger partial charge in [0.05, 0.1) is 6.61 Å². The molecule has 0 radical (unpaired) electrons. The molecule has 4 nitrogen and oxygen atoms in total. The number of carbonyl (C=O) groups is 2. The van der Waals surface area contributed by atoms with E-state index in [0.717, 1.165) is 51.6 Å². The highest BCUT2D eigenvalue weighted by Crippen LogP contribution is 2.11. The largest absolute Gasteiger partial charge is 0.466 e. The summed E-state index contributed by atoms with van der Waals surface area (Å²) in [4.78, 5) is 22.5. The maximum Gasteiger partial charge on any atom is 0.305 e. The average molecular weight is 385 g/mol. The molecular weight excluding hydrogens is 340 g/mol. The van der Waals surface area contributed by atoms with Crippen LogP contribution in [0.15, 0.2) is 0 Å². The number of hydrogen-bond donors (Lipinski definition) is 0.